The Morgan fingerprint density at radius 1 is 1.17 bits per heavy atom. The number of hydrogen-bond donors (Lipinski definition) is 1. The van der Waals surface area contributed by atoms with Gasteiger partial charge < -0.3 is 5.32 Å². The molecule has 0 unspecified atom stereocenters. The van der Waals surface area contributed by atoms with Crippen LogP contribution in [0.25, 0.3) is 0 Å². The maximum atomic E-state index is 12.6. The van der Waals surface area contributed by atoms with Crippen molar-refractivity contribution in [2.45, 2.75) is 30.0 Å². The third kappa shape index (κ3) is 3.82. The minimum atomic E-state index is -3.38. The normalized spacial score (nSPS) is 16.3. The monoisotopic (exact) mass is 370 g/mol. The average Bonchev–Trinajstić information content (AvgIpc) is 3.25. The van der Waals surface area contributed by atoms with E-state index in [4.69, 9.17) is 0 Å². The first-order valence-corrected chi connectivity index (χ1v) is 10.6. The van der Waals surface area contributed by atoms with Gasteiger partial charge >= 0.3 is 0 Å². The van der Waals surface area contributed by atoms with Gasteiger partial charge in [-0.2, -0.15) is 4.31 Å². The van der Waals surface area contributed by atoms with E-state index < -0.39 is 10.0 Å². The highest BCUT2D eigenvalue weighted by atomic mass is 32.2. The quantitative estimate of drug-likeness (QED) is 0.880. The number of hydrogen-bond acceptors (Lipinski definition) is 5. The third-order valence-corrected chi connectivity index (χ3v) is 8.03. The smallest absolute Gasteiger partial charge is 0.261 e. The number of carbonyl (C=O) groups is 1. The molecular formula is C15H18N2O3S3. The first kappa shape index (κ1) is 16.6. The van der Waals surface area contributed by atoms with Gasteiger partial charge in [0.2, 0.25) is 0 Å². The molecule has 1 amide bonds. The number of sulfonamides is 1. The molecule has 1 fully saturated rings. The van der Waals surface area contributed by atoms with E-state index in [-0.39, 0.29) is 5.91 Å². The van der Waals surface area contributed by atoms with Gasteiger partial charge in [0.1, 0.15) is 4.21 Å². The summed E-state index contributed by atoms with van der Waals surface area (Å²) in [6.45, 7) is 1.55. The summed E-state index contributed by atoms with van der Waals surface area (Å²) >= 11 is 2.61. The van der Waals surface area contributed by atoms with E-state index in [0.29, 0.717) is 28.7 Å². The molecule has 8 heteroatoms. The maximum absolute atomic E-state index is 12.6. The summed E-state index contributed by atoms with van der Waals surface area (Å²) in [6.07, 6.45) is 2.94. The Morgan fingerprint density at radius 3 is 2.65 bits per heavy atom. The van der Waals surface area contributed by atoms with Gasteiger partial charge in [0.25, 0.3) is 15.9 Å². The van der Waals surface area contributed by atoms with Crippen LogP contribution in [0.1, 0.15) is 33.8 Å². The van der Waals surface area contributed by atoms with Crippen LogP contribution in [0.15, 0.2) is 33.9 Å². The summed E-state index contributed by atoms with van der Waals surface area (Å²) in [5.74, 6) is -0.131. The molecular weight excluding hydrogens is 352 g/mol. The number of rotatable bonds is 5. The molecule has 1 N–H and O–H groups in total. The van der Waals surface area contributed by atoms with Gasteiger partial charge in [0, 0.05) is 18.0 Å². The van der Waals surface area contributed by atoms with Crippen LogP contribution in [0, 0.1) is 0 Å². The van der Waals surface area contributed by atoms with Crippen LogP contribution in [-0.2, 0) is 16.6 Å². The second-order valence-corrected chi connectivity index (χ2v) is 9.63. The van der Waals surface area contributed by atoms with Gasteiger partial charge in [0.05, 0.1) is 11.4 Å². The van der Waals surface area contributed by atoms with E-state index in [1.165, 1.54) is 22.7 Å². The van der Waals surface area contributed by atoms with Gasteiger partial charge in [-0.05, 0) is 36.4 Å². The Labute approximate surface area is 144 Å². The molecule has 2 aromatic heterocycles. The Bertz CT molecular complexity index is 760. The molecule has 5 nitrogen and oxygen atoms in total. The first-order valence-electron chi connectivity index (χ1n) is 7.48. The topological polar surface area (TPSA) is 66.5 Å². The van der Waals surface area contributed by atoms with E-state index in [1.54, 1.807) is 22.5 Å². The van der Waals surface area contributed by atoms with Crippen molar-refractivity contribution in [3.05, 3.63) is 39.4 Å². The largest absolute Gasteiger partial charge is 0.346 e. The van der Waals surface area contributed by atoms with Crippen molar-refractivity contribution >= 4 is 38.6 Å². The van der Waals surface area contributed by atoms with Crippen LogP contribution in [0.5, 0.6) is 0 Å². The number of piperidine rings is 1. The second kappa shape index (κ2) is 7.12. The zero-order valence-corrected chi connectivity index (χ0v) is 15.0. The highest BCUT2D eigenvalue weighted by Gasteiger charge is 2.27. The fourth-order valence-electron chi connectivity index (χ4n) is 2.49. The molecule has 2 aromatic rings. The van der Waals surface area contributed by atoms with Crippen molar-refractivity contribution < 1.29 is 13.2 Å². The summed E-state index contributed by atoms with van der Waals surface area (Å²) in [4.78, 5) is 13.4. The molecule has 0 atom stereocenters. The van der Waals surface area contributed by atoms with Crippen LogP contribution in [0.2, 0.25) is 0 Å². The van der Waals surface area contributed by atoms with Crippen molar-refractivity contribution in [3.8, 4) is 0 Å². The Hall–Kier alpha value is -1.22. The lowest BCUT2D eigenvalue weighted by atomic mass is 10.2. The fraction of sp³-hybridized carbons (Fsp3) is 0.400. The van der Waals surface area contributed by atoms with E-state index in [0.717, 1.165) is 24.1 Å². The second-order valence-electron chi connectivity index (χ2n) is 5.35. The van der Waals surface area contributed by atoms with Crippen molar-refractivity contribution in [1.82, 2.24) is 9.62 Å². The molecule has 3 heterocycles. The third-order valence-electron chi connectivity index (χ3n) is 3.71. The number of carbonyl (C=O) groups excluding carboxylic acids is 1. The number of nitrogens with zero attached hydrogens (tertiary/aromatic N) is 1. The van der Waals surface area contributed by atoms with E-state index in [1.807, 2.05) is 11.4 Å². The van der Waals surface area contributed by atoms with Gasteiger partial charge in [-0.25, -0.2) is 8.42 Å². The first-order chi connectivity index (χ1) is 11.1. The van der Waals surface area contributed by atoms with E-state index in [9.17, 15) is 13.2 Å². The number of thiophene rings is 2. The molecule has 0 spiro atoms. The molecule has 0 radical (unpaired) electrons. The maximum Gasteiger partial charge on any atom is 0.261 e. The molecule has 23 heavy (non-hydrogen) atoms. The average molecular weight is 371 g/mol. The van der Waals surface area contributed by atoms with Crippen LogP contribution >= 0.6 is 22.7 Å². The molecule has 124 valence electrons. The molecule has 1 saturated heterocycles. The molecule has 3 rings (SSSR count). The van der Waals surface area contributed by atoms with Crippen LogP contribution in [0.3, 0.4) is 0 Å². The molecule has 0 aliphatic carbocycles. The Balaban J connectivity index is 1.64. The lowest BCUT2D eigenvalue weighted by Gasteiger charge is -2.25. The predicted molar refractivity (Wildman–Crippen MR) is 92.4 cm³/mol. The fourth-order valence-corrected chi connectivity index (χ4v) is 6.09. The van der Waals surface area contributed by atoms with Crippen molar-refractivity contribution in [2.24, 2.45) is 0 Å². The Kier molecular flexibility index (Phi) is 5.15. The van der Waals surface area contributed by atoms with Gasteiger partial charge in [0.15, 0.2) is 0 Å². The summed E-state index contributed by atoms with van der Waals surface area (Å²) < 4.78 is 27.1. The van der Waals surface area contributed by atoms with Crippen LogP contribution in [0.4, 0.5) is 0 Å². The van der Waals surface area contributed by atoms with Crippen molar-refractivity contribution in [2.75, 3.05) is 13.1 Å². The van der Waals surface area contributed by atoms with Gasteiger partial charge in [-0.1, -0.05) is 12.5 Å². The summed E-state index contributed by atoms with van der Waals surface area (Å²) in [5.41, 5.74) is 0. The molecule has 0 bridgehead atoms. The van der Waals surface area contributed by atoms with Crippen molar-refractivity contribution in [1.29, 1.82) is 0 Å². The zero-order chi connectivity index (χ0) is 16.3. The molecule has 1 aliphatic rings. The molecule has 0 saturated carbocycles. The predicted octanol–water partition coefficient (Wildman–Crippen LogP) is 2.91. The minimum Gasteiger partial charge on any atom is -0.346 e. The van der Waals surface area contributed by atoms with Gasteiger partial charge in [-0.3, -0.25) is 4.79 Å². The SMILES string of the molecule is O=C(NCc1ccc(S(=O)(=O)N2CCCCC2)s1)c1cccs1. The lowest BCUT2D eigenvalue weighted by Crippen LogP contribution is -2.35. The van der Waals surface area contributed by atoms with E-state index >= 15 is 0 Å². The standard InChI is InChI=1S/C15H18N2O3S3/c18-15(13-5-4-10-21-13)16-11-12-6-7-14(22-12)23(19,20)17-8-2-1-3-9-17/h4-7,10H,1-3,8-9,11H2,(H,16,18). The highest BCUT2D eigenvalue weighted by molar-refractivity contribution is 7.91. The summed E-state index contributed by atoms with van der Waals surface area (Å²) in [6, 6.07) is 7.01. The van der Waals surface area contributed by atoms with Gasteiger partial charge in [-0.15, -0.1) is 22.7 Å². The van der Waals surface area contributed by atoms with E-state index in [2.05, 4.69) is 5.32 Å². The lowest BCUT2D eigenvalue weighted by molar-refractivity contribution is 0.0955. The summed E-state index contributed by atoms with van der Waals surface area (Å²) in [7, 11) is -3.38. The Morgan fingerprint density at radius 2 is 1.96 bits per heavy atom. The molecule has 1 aliphatic heterocycles. The highest BCUT2D eigenvalue weighted by Crippen LogP contribution is 2.27. The van der Waals surface area contributed by atoms with Crippen LogP contribution < -0.4 is 5.32 Å². The molecule has 0 aromatic carbocycles. The van der Waals surface area contributed by atoms with Crippen molar-refractivity contribution in [3.63, 3.8) is 0 Å². The zero-order valence-electron chi connectivity index (χ0n) is 12.5. The summed E-state index contributed by atoms with van der Waals surface area (Å²) in [5, 5.41) is 4.67. The minimum absolute atomic E-state index is 0.131. The number of amides is 1. The van der Waals surface area contributed by atoms with Crippen LogP contribution in [-0.4, -0.2) is 31.7 Å². The number of nitrogens with one attached hydrogen (secondary N) is 1.